The summed E-state index contributed by atoms with van der Waals surface area (Å²) < 4.78 is 0. The summed E-state index contributed by atoms with van der Waals surface area (Å²) in [6.07, 6.45) is 5.25. The van der Waals surface area contributed by atoms with Crippen molar-refractivity contribution in [3.05, 3.63) is 46.9 Å². The van der Waals surface area contributed by atoms with Crippen molar-refractivity contribution in [1.29, 1.82) is 0 Å². The van der Waals surface area contributed by atoms with Gasteiger partial charge in [-0.25, -0.2) is 0 Å². The van der Waals surface area contributed by atoms with E-state index in [4.69, 9.17) is 0 Å². The van der Waals surface area contributed by atoms with Gasteiger partial charge in [0.2, 0.25) is 0 Å². The van der Waals surface area contributed by atoms with Crippen LogP contribution in [-0.4, -0.2) is 9.97 Å². The number of rotatable bonds is 1. The van der Waals surface area contributed by atoms with Crippen LogP contribution in [0.1, 0.15) is 22.3 Å². The molecule has 0 fully saturated rings. The predicted octanol–water partition coefficient (Wildman–Crippen LogP) is 3.38. The fourth-order valence-electron chi connectivity index (χ4n) is 1.92. The fourth-order valence-corrected chi connectivity index (χ4v) is 1.92. The number of hydrogen-bond acceptors (Lipinski definition) is 2. The maximum Gasteiger partial charge on any atom is 0.0888 e. The van der Waals surface area contributed by atoms with Gasteiger partial charge in [0.25, 0.3) is 0 Å². The molecule has 2 aromatic rings. The highest BCUT2D eigenvalue weighted by atomic mass is 14.8. The molecule has 0 saturated heterocycles. The van der Waals surface area contributed by atoms with Crippen LogP contribution in [0.5, 0.6) is 0 Å². The lowest BCUT2D eigenvalue weighted by molar-refractivity contribution is 1.17. The van der Waals surface area contributed by atoms with Gasteiger partial charge < -0.3 is 0 Å². The van der Waals surface area contributed by atoms with Gasteiger partial charge in [0.05, 0.1) is 11.9 Å². The Kier molecular flexibility index (Phi) is 2.73. The van der Waals surface area contributed by atoms with Crippen LogP contribution in [0.2, 0.25) is 0 Å². The first-order chi connectivity index (χ1) is 7.61. The average Bonchev–Trinajstić information content (AvgIpc) is 2.32. The van der Waals surface area contributed by atoms with Crippen molar-refractivity contribution in [3.8, 4) is 11.3 Å². The number of benzene rings is 1. The number of nitrogens with zero attached hydrogens (tertiary/aromatic N) is 2. The van der Waals surface area contributed by atoms with Crippen LogP contribution in [0.4, 0.5) is 0 Å². The van der Waals surface area contributed by atoms with Crippen LogP contribution < -0.4 is 0 Å². The summed E-state index contributed by atoms with van der Waals surface area (Å²) in [5.74, 6) is 0. The molecule has 1 heterocycles. The van der Waals surface area contributed by atoms with Crippen LogP contribution in [0.25, 0.3) is 11.3 Å². The zero-order valence-corrected chi connectivity index (χ0v) is 10.2. The Balaban J connectivity index is 2.68. The third kappa shape index (κ3) is 1.71. The first-order valence-electron chi connectivity index (χ1n) is 5.45. The zero-order chi connectivity index (χ0) is 11.7. The van der Waals surface area contributed by atoms with Crippen LogP contribution >= 0.6 is 0 Å². The predicted molar refractivity (Wildman–Crippen MR) is 66.4 cm³/mol. The summed E-state index contributed by atoms with van der Waals surface area (Å²) in [7, 11) is 0. The van der Waals surface area contributed by atoms with Crippen molar-refractivity contribution in [1.82, 2.24) is 9.97 Å². The van der Waals surface area contributed by atoms with E-state index in [0.717, 1.165) is 5.69 Å². The molecule has 0 aliphatic heterocycles. The first kappa shape index (κ1) is 10.8. The summed E-state index contributed by atoms with van der Waals surface area (Å²) in [6.45, 7) is 8.61. The van der Waals surface area contributed by atoms with E-state index in [-0.39, 0.29) is 0 Å². The minimum absolute atomic E-state index is 0.950. The molecule has 0 N–H and O–H groups in total. The lowest BCUT2D eigenvalue weighted by Crippen LogP contribution is -1.96. The minimum Gasteiger partial charge on any atom is -0.261 e. The topological polar surface area (TPSA) is 25.8 Å². The number of aromatic nitrogens is 2. The molecule has 0 aliphatic carbocycles. The quantitative estimate of drug-likeness (QED) is 0.724. The van der Waals surface area contributed by atoms with Gasteiger partial charge in [0.1, 0.15) is 0 Å². The molecule has 0 amide bonds. The Morgan fingerprint density at radius 3 is 2.25 bits per heavy atom. The van der Waals surface area contributed by atoms with E-state index in [9.17, 15) is 0 Å². The molecule has 0 spiro atoms. The lowest BCUT2D eigenvalue weighted by atomic mass is 9.93. The van der Waals surface area contributed by atoms with Crippen LogP contribution in [0.15, 0.2) is 24.7 Å². The maximum absolute atomic E-state index is 4.36. The minimum atomic E-state index is 0.950. The Bertz CT molecular complexity index is 516. The van der Waals surface area contributed by atoms with Crippen molar-refractivity contribution in [2.75, 3.05) is 0 Å². The number of hydrogen-bond donors (Lipinski definition) is 0. The second kappa shape index (κ2) is 4.05. The highest BCUT2D eigenvalue weighted by Gasteiger charge is 2.09. The second-order valence-corrected chi connectivity index (χ2v) is 4.21. The van der Waals surface area contributed by atoms with E-state index >= 15 is 0 Å². The largest absolute Gasteiger partial charge is 0.261 e. The third-order valence-corrected chi connectivity index (χ3v) is 3.32. The molecule has 0 atom stereocenters. The van der Waals surface area contributed by atoms with Gasteiger partial charge in [-0.15, -0.1) is 0 Å². The summed E-state index contributed by atoms with van der Waals surface area (Å²) in [5.41, 5.74) is 7.46. The second-order valence-electron chi connectivity index (χ2n) is 4.21. The van der Waals surface area contributed by atoms with Crippen LogP contribution in [0.3, 0.4) is 0 Å². The van der Waals surface area contributed by atoms with E-state index in [2.05, 4.69) is 43.7 Å². The van der Waals surface area contributed by atoms with E-state index in [1.807, 2.05) is 6.20 Å². The Morgan fingerprint density at radius 1 is 0.875 bits per heavy atom. The SMILES string of the molecule is Cc1cc(-c2cnccn2)c(C)c(C)c1C. The van der Waals surface area contributed by atoms with E-state index in [1.54, 1.807) is 12.4 Å². The molecule has 2 nitrogen and oxygen atoms in total. The molecule has 0 bridgehead atoms. The van der Waals surface area contributed by atoms with Gasteiger partial charge in [0.15, 0.2) is 0 Å². The molecular formula is C14H16N2. The summed E-state index contributed by atoms with van der Waals surface area (Å²) in [6, 6.07) is 2.20. The molecule has 16 heavy (non-hydrogen) atoms. The summed E-state index contributed by atoms with van der Waals surface area (Å²) >= 11 is 0. The van der Waals surface area contributed by atoms with Gasteiger partial charge in [-0.1, -0.05) is 0 Å². The molecule has 0 unspecified atom stereocenters. The van der Waals surface area contributed by atoms with Gasteiger partial charge in [-0.05, 0) is 56.0 Å². The molecule has 0 radical (unpaired) electrons. The van der Waals surface area contributed by atoms with E-state index in [1.165, 1.54) is 27.8 Å². The molecule has 0 saturated carbocycles. The third-order valence-electron chi connectivity index (χ3n) is 3.32. The molecule has 1 aromatic carbocycles. The van der Waals surface area contributed by atoms with E-state index in [0.29, 0.717) is 0 Å². The Labute approximate surface area is 96.4 Å². The fraction of sp³-hybridized carbons (Fsp3) is 0.286. The van der Waals surface area contributed by atoms with Crippen molar-refractivity contribution in [2.24, 2.45) is 0 Å². The summed E-state index contributed by atoms with van der Waals surface area (Å²) in [5, 5.41) is 0. The van der Waals surface area contributed by atoms with Crippen LogP contribution in [-0.2, 0) is 0 Å². The number of aryl methyl sites for hydroxylation is 1. The normalized spacial score (nSPS) is 10.5. The molecule has 82 valence electrons. The molecule has 2 heteroatoms. The van der Waals surface area contributed by atoms with Gasteiger partial charge in [0, 0.05) is 18.0 Å². The van der Waals surface area contributed by atoms with Crippen molar-refractivity contribution < 1.29 is 0 Å². The highest BCUT2D eigenvalue weighted by molar-refractivity contribution is 5.66. The van der Waals surface area contributed by atoms with Crippen LogP contribution in [0, 0.1) is 27.7 Å². The lowest BCUT2D eigenvalue weighted by Gasteiger charge is -2.13. The zero-order valence-electron chi connectivity index (χ0n) is 10.2. The van der Waals surface area contributed by atoms with Gasteiger partial charge in [-0.3, -0.25) is 9.97 Å². The monoisotopic (exact) mass is 212 g/mol. The summed E-state index contributed by atoms with van der Waals surface area (Å²) in [4.78, 5) is 8.48. The average molecular weight is 212 g/mol. The standard InChI is InChI=1S/C14H16N2/c1-9-7-13(12(4)11(3)10(9)2)14-8-15-5-6-16-14/h5-8H,1-4H3. The molecule has 0 aliphatic rings. The van der Waals surface area contributed by atoms with Gasteiger partial charge in [-0.2, -0.15) is 0 Å². The Morgan fingerprint density at radius 2 is 1.62 bits per heavy atom. The van der Waals surface area contributed by atoms with Gasteiger partial charge >= 0.3 is 0 Å². The van der Waals surface area contributed by atoms with Crippen molar-refractivity contribution in [2.45, 2.75) is 27.7 Å². The van der Waals surface area contributed by atoms with Crippen molar-refractivity contribution >= 4 is 0 Å². The first-order valence-corrected chi connectivity index (χ1v) is 5.45. The van der Waals surface area contributed by atoms with E-state index < -0.39 is 0 Å². The smallest absolute Gasteiger partial charge is 0.0888 e. The molecule has 1 aromatic heterocycles. The molecular weight excluding hydrogens is 196 g/mol. The Hall–Kier alpha value is -1.70. The maximum atomic E-state index is 4.36. The van der Waals surface area contributed by atoms with Crippen molar-refractivity contribution in [3.63, 3.8) is 0 Å². The highest BCUT2D eigenvalue weighted by Crippen LogP contribution is 2.27. The molecule has 2 rings (SSSR count).